The van der Waals surface area contributed by atoms with Gasteiger partial charge >= 0.3 is 5.97 Å². The summed E-state index contributed by atoms with van der Waals surface area (Å²) >= 11 is 5.44. The fourth-order valence-electron chi connectivity index (χ4n) is 2.00. The summed E-state index contributed by atoms with van der Waals surface area (Å²) in [5.41, 5.74) is 5.73. The van der Waals surface area contributed by atoms with E-state index in [1.165, 1.54) is 11.8 Å². The van der Waals surface area contributed by atoms with Crippen LogP contribution in [-0.4, -0.2) is 82.4 Å². The van der Waals surface area contributed by atoms with Crippen molar-refractivity contribution < 1.29 is 29.4 Å². The largest absolute Gasteiger partial charge is 0.480 e. The highest BCUT2D eigenvalue weighted by molar-refractivity contribution is 7.98. The van der Waals surface area contributed by atoms with Crippen LogP contribution in [0, 0.1) is 5.92 Å². The van der Waals surface area contributed by atoms with Crippen molar-refractivity contribution in [3.63, 3.8) is 0 Å². The quantitative estimate of drug-likeness (QED) is 0.165. The first-order valence-electron chi connectivity index (χ1n) is 8.69. The summed E-state index contributed by atoms with van der Waals surface area (Å²) in [5, 5.41) is 25.6. The van der Waals surface area contributed by atoms with Gasteiger partial charge in [0, 0.05) is 5.75 Å². The zero-order valence-corrected chi connectivity index (χ0v) is 17.9. The number of rotatable bonds is 13. The van der Waals surface area contributed by atoms with Crippen LogP contribution in [0.5, 0.6) is 0 Å². The predicted octanol–water partition coefficient (Wildman–Crippen LogP) is -1.82. The van der Waals surface area contributed by atoms with Gasteiger partial charge in [-0.15, -0.1) is 0 Å². The number of carbonyl (C=O) groups is 4. The monoisotopic (exact) mass is 438 g/mol. The van der Waals surface area contributed by atoms with Crippen LogP contribution in [-0.2, 0) is 19.2 Å². The van der Waals surface area contributed by atoms with E-state index in [1.54, 1.807) is 20.1 Å². The first-order valence-corrected chi connectivity index (χ1v) is 10.7. The molecule has 0 heterocycles. The number of hydrogen-bond acceptors (Lipinski definition) is 8. The second-order valence-electron chi connectivity index (χ2n) is 6.44. The maximum atomic E-state index is 12.3. The zero-order chi connectivity index (χ0) is 21.9. The van der Waals surface area contributed by atoms with Gasteiger partial charge in [0.25, 0.3) is 0 Å². The minimum atomic E-state index is -1.37. The highest BCUT2D eigenvalue weighted by atomic mass is 32.2. The summed E-state index contributed by atoms with van der Waals surface area (Å²) in [4.78, 5) is 47.8. The van der Waals surface area contributed by atoms with Gasteiger partial charge in [-0.3, -0.25) is 14.4 Å². The van der Waals surface area contributed by atoms with Crippen LogP contribution in [0.15, 0.2) is 0 Å². The van der Waals surface area contributed by atoms with Crippen LogP contribution < -0.4 is 21.7 Å². The molecule has 0 aromatic rings. The van der Waals surface area contributed by atoms with Crippen molar-refractivity contribution in [2.75, 3.05) is 24.4 Å². The van der Waals surface area contributed by atoms with Crippen LogP contribution in [0.4, 0.5) is 0 Å². The van der Waals surface area contributed by atoms with Crippen LogP contribution >= 0.6 is 24.4 Å². The normalized spacial score (nSPS) is 15.2. The lowest BCUT2D eigenvalue weighted by Gasteiger charge is -2.24. The number of carboxylic acids is 1. The number of nitrogens with two attached hydrogens (primary N) is 1. The molecule has 12 heteroatoms. The van der Waals surface area contributed by atoms with E-state index in [-0.39, 0.29) is 18.1 Å². The molecule has 0 aromatic heterocycles. The lowest BCUT2D eigenvalue weighted by Crippen LogP contribution is -2.59. The second kappa shape index (κ2) is 13.6. The Bertz CT molecular complexity index is 549. The lowest BCUT2D eigenvalue weighted by atomic mass is 10.0. The molecule has 4 atom stereocenters. The van der Waals surface area contributed by atoms with E-state index in [2.05, 4.69) is 28.6 Å². The van der Waals surface area contributed by atoms with Crippen LogP contribution in [0.1, 0.15) is 20.3 Å². The molecule has 0 fully saturated rings. The number of carboxylic acid groups (broad SMARTS) is 1. The predicted molar refractivity (Wildman–Crippen MR) is 110 cm³/mol. The van der Waals surface area contributed by atoms with Crippen molar-refractivity contribution in [2.45, 2.75) is 44.4 Å². The minimum absolute atomic E-state index is 0.0619. The van der Waals surface area contributed by atoms with Gasteiger partial charge < -0.3 is 31.9 Å². The minimum Gasteiger partial charge on any atom is -0.480 e. The van der Waals surface area contributed by atoms with E-state index in [4.69, 9.17) is 10.8 Å². The van der Waals surface area contributed by atoms with Gasteiger partial charge in [-0.1, -0.05) is 13.8 Å². The van der Waals surface area contributed by atoms with Gasteiger partial charge in [0.1, 0.15) is 18.1 Å². The average molecular weight is 439 g/mol. The van der Waals surface area contributed by atoms with Gasteiger partial charge in [0.2, 0.25) is 17.7 Å². The van der Waals surface area contributed by atoms with E-state index < -0.39 is 54.5 Å². The first-order chi connectivity index (χ1) is 13.1. The van der Waals surface area contributed by atoms with Crippen molar-refractivity contribution >= 4 is 48.1 Å². The van der Waals surface area contributed by atoms with Gasteiger partial charge in [-0.05, 0) is 24.3 Å². The van der Waals surface area contributed by atoms with Gasteiger partial charge in [-0.2, -0.15) is 24.4 Å². The number of amides is 3. The maximum absolute atomic E-state index is 12.3. The molecule has 0 radical (unpaired) electrons. The lowest BCUT2D eigenvalue weighted by molar-refractivity contribution is -0.142. The molecule has 0 aliphatic heterocycles. The van der Waals surface area contributed by atoms with E-state index in [0.717, 1.165) is 0 Å². The molecule has 0 rings (SSSR count). The molecule has 0 saturated carbocycles. The van der Waals surface area contributed by atoms with E-state index in [9.17, 15) is 24.3 Å². The molecule has 7 N–H and O–H groups in total. The highest BCUT2D eigenvalue weighted by Crippen LogP contribution is 2.03. The number of thiol groups is 1. The number of nitrogens with one attached hydrogen (secondary N) is 3. The Labute approximate surface area is 174 Å². The fourth-order valence-corrected chi connectivity index (χ4v) is 2.73. The summed E-state index contributed by atoms with van der Waals surface area (Å²) in [6.45, 7) is 2.76. The Morgan fingerprint density at radius 3 is 1.93 bits per heavy atom. The molecule has 0 spiro atoms. The second-order valence-corrected chi connectivity index (χ2v) is 7.79. The number of hydrogen-bond donors (Lipinski definition) is 7. The summed E-state index contributed by atoms with van der Waals surface area (Å²) in [5.74, 6) is -3.04. The Morgan fingerprint density at radius 2 is 1.50 bits per heavy atom. The Balaban J connectivity index is 4.95. The Hall–Kier alpha value is -1.50. The van der Waals surface area contributed by atoms with Gasteiger partial charge in [-0.25, -0.2) is 4.79 Å². The summed E-state index contributed by atoms with van der Waals surface area (Å²) in [6.07, 6.45) is 1.99. The van der Waals surface area contributed by atoms with Crippen molar-refractivity contribution in [3.8, 4) is 0 Å². The Morgan fingerprint density at radius 1 is 1.00 bits per heavy atom. The molecule has 28 heavy (non-hydrogen) atoms. The molecule has 4 unspecified atom stereocenters. The van der Waals surface area contributed by atoms with Gasteiger partial charge in [0.15, 0.2) is 0 Å². The van der Waals surface area contributed by atoms with E-state index in [0.29, 0.717) is 5.75 Å². The Kier molecular flexibility index (Phi) is 12.9. The molecule has 0 aromatic carbocycles. The summed E-state index contributed by atoms with van der Waals surface area (Å²) in [6, 6.07) is -4.41. The molecule has 0 aliphatic rings. The standard InChI is InChI=1S/C16H30N4O6S2/c1-8(2)12(17)15(24)20-11(7-27)14(23)19-10(6-21)13(22)18-9(16(25)26)4-5-28-3/h8-12,21,27H,4-7,17H2,1-3H3,(H,18,22)(H,19,23)(H,20,24)(H,25,26). The van der Waals surface area contributed by atoms with Crippen molar-refractivity contribution in [1.29, 1.82) is 0 Å². The molecule has 0 saturated heterocycles. The summed E-state index contributed by atoms with van der Waals surface area (Å²) < 4.78 is 0. The van der Waals surface area contributed by atoms with Crippen molar-refractivity contribution in [2.24, 2.45) is 11.7 Å². The highest BCUT2D eigenvalue weighted by Gasteiger charge is 2.29. The van der Waals surface area contributed by atoms with E-state index >= 15 is 0 Å². The average Bonchev–Trinajstić information content (AvgIpc) is 2.65. The number of carbonyl (C=O) groups excluding carboxylic acids is 3. The van der Waals surface area contributed by atoms with Gasteiger partial charge in [0.05, 0.1) is 12.6 Å². The van der Waals surface area contributed by atoms with Crippen LogP contribution in [0.25, 0.3) is 0 Å². The topological polar surface area (TPSA) is 171 Å². The third-order valence-corrected chi connectivity index (χ3v) is 4.89. The number of aliphatic hydroxyl groups is 1. The third kappa shape index (κ3) is 9.13. The maximum Gasteiger partial charge on any atom is 0.326 e. The fraction of sp³-hybridized carbons (Fsp3) is 0.750. The van der Waals surface area contributed by atoms with E-state index in [1.807, 2.05) is 0 Å². The van der Waals surface area contributed by atoms with Crippen molar-refractivity contribution in [1.82, 2.24) is 16.0 Å². The molecule has 3 amide bonds. The van der Waals surface area contributed by atoms with Crippen molar-refractivity contribution in [3.05, 3.63) is 0 Å². The summed E-state index contributed by atoms with van der Waals surface area (Å²) in [7, 11) is 0. The van der Waals surface area contributed by atoms with Crippen LogP contribution in [0.2, 0.25) is 0 Å². The molecule has 0 bridgehead atoms. The number of aliphatic carboxylic acids is 1. The van der Waals surface area contributed by atoms with Crippen LogP contribution in [0.3, 0.4) is 0 Å². The molecule has 10 nitrogen and oxygen atoms in total. The third-order valence-electron chi connectivity index (χ3n) is 3.88. The first kappa shape index (κ1) is 26.5. The number of thioether (sulfide) groups is 1. The molecular weight excluding hydrogens is 408 g/mol. The molecule has 0 aliphatic carbocycles. The zero-order valence-electron chi connectivity index (χ0n) is 16.2. The SMILES string of the molecule is CSCCC(NC(=O)C(CO)NC(=O)C(CS)NC(=O)C(N)C(C)C)C(=O)O. The smallest absolute Gasteiger partial charge is 0.326 e. The molecule has 162 valence electrons. The number of aliphatic hydroxyl groups excluding tert-OH is 1. The molecular formula is C16H30N4O6S2.